The molecule has 0 unspecified atom stereocenters. The Labute approximate surface area is 126 Å². The molecular formula is C15H15NO6. The van der Waals surface area contributed by atoms with Crippen LogP contribution < -0.4 is 5.32 Å². The Morgan fingerprint density at radius 3 is 2.09 bits per heavy atom. The fraction of sp³-hybridized carbons (Fsp3) is 0.133. The van der Waals surface area contributed by atoms with Crippen LogP contribution in [0.1, 0.15) is 16.1 Å². The lowest BCUT2D eigenvalue weighted by molar-refractivity contribution is -0.159. The summed E-state index contributed by atoms with van der Waals surface area (Å²) in [4.78, 5) is 29.7. The Morgan fingerprint density at radius 1 is 0.955 bits per heavy atom. The highest BCUT2D eigenvalue weighted by atomic mass is 16.4. The van der Waals surface area contributed by atoms with Crippen LogP contribution in [-0.4, -0.2) is 34.5 Å². The van der Waals surface area contributed by atoms with Gasteiger partial charge >= 0.3 is 11.9 Å². The van der Waals surface area contributed by atoms with Crippen LogP contribution in [0.4, 0.5) is 0 Å². The topological polar surface area (TPSA) is 117 Å². The van der Waals surface area contributed by atoms with Crippen molar-refractivity contribution in [2.45, 2.75) is 6.54 Å². The number of nitrogens with one attached hydrogen (secondary N) is 1. The van der Waals surface area contributed by atoms with Gasteiger partial charge in [0.05, 0.1) is 12.8 Å². The molecule has 1 aromatic heterocycles. The number of hydrogen-bond acceptors (Lipinski definition) is 5. The second-order valence-electron chi connectivity index (χ2n) is 4.10. The lowest BCUT2D eigenvalue weighted by Gasteiger charge is -2.02. The summed E-state index contributed by atoms with van der Waals surface area (Å²) >= 11 is 0. The van der Waals surface area contributed by atoms with E-state index in [2.05, 4.69) is 5.32 Å². The van der Waals surface area contributed by atoms with Gasteiger partial charge < -0.3 is 19.9 Å². The predicted molar refractivity (Wildman–Crippen MR) is 76.5 cm³/mol. The van der Waals surface area contributed by atoms with E-state index >= 15 is 0 Å². The summed E-state index contributed by atoms with van der Waals surface area (Å²) < 4.78 is 5.01. The molecule has 0 saturated heterocycles. The first kappa shape index (κ1) is 17.1. The molecule has 22 heavy (non-hydrogen) atoms. The van der Waals surface area contributed by atoms with Gasteiger partial charge in [0, 0.05) is 6.54 Å². The zero-order chi connectivity index (χ0) is 16.4. The zero-order valence-electron chi connectivity index (χ0n) is 11.6. The number of carbonyl (C=O) groups is 3. The molecule has 7 heteroatoms. The first-order valence-corrected chi connectivity index (χ1v) is 6.28. The average Bonchev–Trinajstić information content (AvgIpc) is 3.03. The maximum Gasteiger partial charge on any atom is 0.414 e. The molecule has 0 bridgehead atoms. The molecule has 0 radical (unpaired) electrons. The van der Waals surface area contributed by atoms with E-state index in [4.69, 9.17) is 24.2 Å². The summed E-state index contributed by atoms with van der Waals surface area (Å²) in [5, 5.41) is 17.9. The van der Waals surface area contributed by atoms with Crippen LogP contribution in [0.2, 0.25) is 0 Å². The molecule has 1 heterocycles. The highest BCUT2D eigenvalue weighted by molar-refractivity contribution is 6.27. The molecule has 0 saturated carbocycles. The third-order valence-corrected chi connectivity index (χ3v) is 2.44. The molecule has 3 N–H and O–H groups in total. The second-order valence-corrected chi connectivity index (χ2v) is 4.10. The lowest BCUT2D eigenvalue weighted by Crippen LogP contribution is -2.22. The summed E-state index contributed by atoms with van der Waals surface area (Å²) in [5.74, 6) is -3.27. The van der Waals surface area contributed by atoms with Crippen LogP contribution in [0.5, 0.6) is 0 Å². The fourth-order valence-electron chi connectivity index (χ4n) is 1.44. The van der Waals surface area contributed by atoms with E-state index in [1.54, 1.807) is 12.1 Å². The van der Waals surface area contributed by atoms with Gasteiger partial charge in [0.1, 0.15) is 0 Å². The third-order valence-electron chi connectivity index (χ3n) is 2.44. The van der Waals surface area contributed by atoms with Crippen molar-refractivity contribution in [1.82, 2.24) is 5.32 Å². The molecule has 2 aromatic rings. The normalized spacial score (nSPS) is 9.45. The number of carbonyl (C=O) groups excluding carboxylic acids is 1. The first-order valence-electron chi connectivity index (χ1n) is 6.28. The van der Waals surface area contributed by atoms with E-state index in [-0.39, 0.29) is 5.78 Å². The van der Waals surface area contributed by atoms with E-state index < -0.39 is 11.9 Å². The van der Waals surface area contributed by atoms with Crippen molar-refractivity contribution in [1.29, 1.82) is 0 Å². The van der Waals surface area contributed by atoms with E-state index in [0.717, 1.165) is 5.56 Å². The van der Waals surface area contributed by atoms with Crippen molar-refractivity contribution in [3.8, 4) is 0 Å². The number of carboxylic acids is 2. The molecular weight excluding hydrogens is 290 g/mol. The number of carboxylic acid groups (broad SMARTS) is 2. The number of ketones is 1. The van der Waals surface area contributed by atoms with Gasteiger partial charge in [-0.05, 0) is 17.7 Å². The maximum absolute atomic E-state index is 11.5. The molecule has 0 amide bonds. The zero-order valence-corrected chi connectivity index (χ0v) is 11.6. The van der Waals surface area contributed by atoms with Crippen molar-refractivity contribution in [2.75, 3.05) is 6.54 Å². The molecule has 0 fully saturated rings. The molecule has 0 aliphatic rings. The summed E-state index contributed by atoms with van der Waals surface area (Å²) in [6.07, 6.45) is 1.50. The van der Waals surface area contributed by atoms with Gasteiger partial charge in [-0.25, -0.2) is 9.59 Å². The predicted octanol–water partition coefficient (Wildman–Crippen LogP) is 1.41. The van der Waals surface area contributed by atoms with Crippen LogP contribution in [0.15, 0.2) is 53.1 Å². The Hall–Kier alpha value is -2.93. The number of benzene rings is 1. The SMILES string of the molecule is O=C(CNCc1ccccc1)c1ccco1.O=C(O)C(=O)O. The van der Waals surface area contributed by atoms with Crippen LogP contribution >= 0.6 is 0 Å². The monoisotopic (exact) mass is 305 g/mol. The highest BCUT2D eigenvalue weighted by Crippen LogP contribution is 2.01. The molecule has 0 spiro atoms. The van der Waals surface area contributed by atoms with Crippen molar-refractivity contribution in [3.63, 3.8) is 0 Å². The Bertz CT molecular complexity index is 594. The minimum Gasteiger partial charge on any atom is -0.473 e. The molecule has 0 atom stereocenters. The van der Waals surface area contributed by atoms with Gasteiger partial charge in [-0.15, -0.1) is 0 Å². The largest absolute Gasteiger partial charge is 0.473 e. The van der Waals surface area contributed by atoms with Crippen LogP contribution in [0.3, 0.4) is 0 Å². The Morgan fingerprint density at radius 2 is 1.59 bits per heavy atom. The standard InChI is InChI=1S/C13H13NO2.C2H2O4/c15-12(13-7-4-8-16-13)10-14-9-11-5-2-1-3-6-11;3-1(4)2(5)6/h1-8,14H,9-10H2;(H,3,4)(H,5,6). The van der Waals surface area contributed by atoms with E-state index in [1.165, 1.54) is 6.26 Å². The quantitative estimate of drug-likeness (QED) is 0.564. The van der Waals surface area contributed by atoms with Gasteiger partial charge in [0.25, 0.3) is 0 Å². The van der Waals surface area contributed by atoms with Crippen LogP contribution in [0.25, 0.3) is 0 Å². The van der Waals surface area contributed by atoms with Crippen LogP contribution in [0, 0.1) is 0 Å². The third kappa shape index (κ3) is 6.49. The minimum absolute atomic E-state index is 0.0269. The summed E-state index contributed by atoms with van der Waals surface area (Å²) in [6.45, 7) is 0.982. The van der Waals surface area contributed by atoms with Gasteiger partial charge in [-0.3, -0.25) is 4.79 Å². The smallest absolute Gasteiger partial charge is 0.414 e. The number of hydrogen-bond donors (Lipinski definition) is 3. The van der Waals surface area contributed by atoms with E-state index in [1.807, 2.05) is 30.3 Å². The van der Waals surface area contributed by atoms with Crippen molar-refractivity contribution in [2.24, 2.45) is 0 Å². The summed E-state index contributed by atoms with van der Waals surface area (Å²) in [7, 11) is 0. The van der Waals surface area contributed by atoms with Gasteiger partial charge in [0.2, 0.25) is 5.78 Å². The summed E-state index contributed by atoms with van der Waals surface area (Å²) in [6, 6.07) is 13.3. The van der Waals surface area contributed by atoms with Crippen molar-refractivity contribution in [3.05, 3.63) is 60.1 Å². The lowest BCUT2D eigenvalue weighted by atomic mass is 10.2. The molecule has 2 rings (SSSR count). The van der Waals surface area contributed by atoms with Gasteiger partial charge in [-0.2, -0.15) is 0 Å². The maximum atomic E-state index is 11.5. The number of aliphatic carboxylic acids is 2. The highest BCUT2D eigenvalue weighted by Gasteiger charge is 2.07. The molecule has 116 valence electrons. The number of Topliss-reactive ketones (excluding diaryl/α,β-unsaturated/α-hetero) is 1. The Balaban J connectivity index is 0.000000346. The van der Waals surface area contributed by atoms with Gasteiger partial charge in [-0.1, -0.05) is 30.3 Å². The molecule has 1 aromatic carbocycles. The molecule has 7 nitrogen and oxygen atoms in total. The molecule has 0 aliphatic carbocycles. The van der Waals surface area contributed by atoms with Gasteiger partial charge in [0.15, 0.2) is 5.76 Å². The summed E-state index contributed by atoms with van der Waals surface area (Å²) in [5.41, 5.74) is 1.16. The minimum atomic E-state index is -1.82. The first-order chi connectivity index (χ1) is 10.5. The number of furan rings is 1. The second kappa shape index (κ2) is 9.09. The number of rotatable bonds is 5. The average molecular weight is 305 g/mol. The van der Waals surface area contributed by atoms with Crippen molar-refractivity contribution >= 4 is 17.7 Å². The fourth-order valence-corrected chi connectivity index (χ4v) is 1.44. The van der Waals surface area contributed by atoms with Crippen LogP contribution in [-0.2, 0) is 16.1 Å². The molecule has 0 aliphatic heterocycles. The van der Waals surface area contributed by atoms with Crippen molar-refractivity contribution < 1.29 is 29.0 Å². The van der Waals surface area contributed by atoms with E-state index in [9.17, 15) is 4.79 Å². The van der Waals surface area contributed by atoms with E-state index in [0.29, 0.717) is 18.8 Å². The Kier molecular flexibility index (Phi) is 7.07.